The van der Waals surface area contributed by atoms with Crippen molar-refractivity contribution >= 4 is 5.96 Å². The van der Waals surface area contributed by atoms with Crippen LogP contribution in [0.25, 0.3) is 0 Å². The standard InChI is InChI=1S/C21H29N7O/c1-5-18-17(19(6-2)29-27-18)13-23-21(22-12-16-10-8-7-9-11-16)24-14-20-26-25-15(3)28(20)4/h7-11H,5-6,12-14H2,1-4H3,(H2,22,23,24). The molecule has 0 fully saturated rings. The molecule has 154 valence electrons. The van der Waals surface area contributed by atoms with Crippen LogP contribution in [0.15, 0.2) is 39.8 Å². The number of hydrogen-bond acceptors (Lipinski definition) is 5. The van der Waals surface area contributed by atoms with Crippen LogP contribution in [-0.2, 0) is 39.5 Å². The van der Waals surface area contributed by atoms with Gasteiger partial charge in [0.25, 0.3) is 0 Å². The number of aromatic nitrogens is 4. The van der Waals surface area contributed by atoms with E-state index in [1.54, 1.807) is 0 Å². The normalized spacial score (nSPS) is 11.7. The Labute approximate surface area is 171 Å². The van der Waals surface area contributed by atoms with Crippen molar-refractivity contribution in [2.45, 2.75) is 53.2 Å². The largest absolute Gasteiger partial charge is 0.361 e. The van der Waals surface area contributed by atoms with Crippen molar-refractivity contribution in [3.8, 4) is 0 Å². The van der Waals surface area contributed by atoms with Crippen molar-refractivity contribution in [2.75, 3.05) is 0 Å². The van der Waals surface area contributed by atoms with Gasteiger partial charge < -0.3 is 19.7 Å². The summed E-state index contributed by atoms with van der Waals surface area (Å²) in [7, 11) is 1.96. The van der Waals surface area contributed by atoms with E-state index in [4.69, 9.17) is 9.52 Å². The first-order valence-electron chi connectivity index (χ1n) is 9.99. The predicted molar refractivity (Wildman–Crippen MR) is 112 cm³/mol. The van der Waals surface area contributed by atoms with Gasteiger partial charge in [0.15, 0.2) is 11.8 Å². The van der Waals surface area contributed by atoms with Crippen molar-refractivity contribution < 1.29 is 4.52 Å². The zero-order valence-corrected chi connectivity index (χ0v) is 17.6. The number of rotatable bonds is 8. The topological polar surface area (TPSA) is 93.2 Å². The Hall–Kier alpha value is -3.16. The highest BCUT2D eigenvalue weighted by molar-refractivity contribution is 5.79. The first kappa shape index (κ1) is 20.6. The van der Waals surface area contributed by atoms with Crippen LogP contribution in [0.2, 0.25) is 0 Å². The molecule has 0 radical (unpaired) electrons. The maximum absolute atomic E-state index is 5.47. The molecule has 3 aromatic rings. The Morgan fingerprint density at radius 3 is 2.48 bits per heavy atom. The molecule has 0 bridgehead atoms. The highest BCUT2D eigenvalue weighted by atomic mass is 16.5. The molecule has 0 amide bonds. The molecular weight excluding hydrogens is 366 g/mol. The Balaban J connectivity index is 1.73. The zero-order valence-electron chi connectivity index (χ0n) is 17.6. The van der Waals surface area contributed by atoms with Gasteiger partial charge >= 0.3 is 0 Å². The smallest absolute Gasteiger partial charge is 0.192 e. The Morgan fingerprint density at radius 1 is 1.07 bits per heavy atom. The summed E-state index contributed by atoms with van der Waals surface area (Å²) in [5.41, 5.74) is 3.25. The van der Waals surface area contributed by atoms with E-state index in [2.05, 4.69) is 52.0 Å². The first-order valence-corrected chi connectivity index (χ1v) is 9.99. The fourth-order valence-electron chi connectivity index (χ4n) is 3.01. The highest BCUT2D eigenvalue weighted by Gasteiger charge is 2.14. The van der Waals surface area contributed by atoms with Gasteiger partial charge in [0.05, 0.1) is 18.8 Å². The number of guanidine groups is 1. The molecule has 0 aliphatic heterocycles. The lowest BCUT2D eigenvalue weighted by Gasteiger charge is -2.13. The maximum Gasteiger partial charge on any atom is 0.192 e. The van der Waals surface area contributed by atoms with Crippen LogP contribution in [0.5, 0.6) is 0 Å². The van der Waals surface area contributed by atoms with Crippen molar-refractivity contribution in [1.29, 1.82) is 0 Å². The minimum absolute atomic E-state index is 0.531. The average Bonchev–Trinajstić information content (AvgIpc) is 3.30. The SMILES string of the molecule is CCc1noc(CC)c1CNC(=NCc1ccccc1)NCc1nnc(C)n1C. The van der Waals surface area contributed by atoms with Gasteiger partial charge in [0.1, 0.15) is 11.6 Å². The summed E-state index contributed by atoms with van der Waals surface area (Å²) < 4.78 is 7.44. The molecule has 3 rings (SSSR count). The molecule has 2 aromatic heterocycles. The number of nitrogens with one attached hydrogen (secondary N) is 2. The summed E-state index contributed by atoms with van der Waals surface area (Å²) in [6.45, 7) is 7.81. The Kier molecular flexibility index (Phi) is 6.99. The molecule has 8 nitrogen and oxygen atoms in total. The van der Waals surface area contributed by atoms with Gasteiger partial charge in [-0.3, -0.25) is 0 Å². The fourth-order valence-corrected chi connectivity index (χ4v) is 3.01. The van der Waals surface area contributed by atoms with E-state index in [0.29, 0.717) is 25.6 Å². The van der Waals surface area contributed by atoms with Gasteiger partial charge in [-0.1, -0.05) is 49.3 Å². The summed E-state index contributed by atoms with van der Waals surface area (Å²) in [6, 6.07) is 10.2. The molecule has 0 unspecified atom stereocenters. The summed E-state index contributed by atoms with van der Waals surface area (Å²) in [5, 5.41) is 19.3. The van der Waals surface area contributed by atoms with Crippen molar-refractivity contribution in [1.82, 2.24) is 30.6 Å². The van der Waals surface area contributed by atoms with Crippen molar-refractivity contribution in [3.05, 3.63) is 64.6 Å². The van der Waals surface area contributed by atoms with E-state index in [1.165, 1.54) is 0 Å². The third kappa shape index (κ3) is 5.22. The van der Waals surface area contributed by atoms with E-state index < -0.39 is 0 Å². The second-order valence-corrected chi connectivity index (χ2v) is 6.82. The monoisotopic (exact) mass is 395 g/mol. The molecule has 0 aliphatic carbocycles. The number of hydrogen-bond donors (Lipinski definition) is 2. The minimum Gasteiger partial charge on any atom is -0.361 e. The van der Waals surface area contributed by atoms with E-state index in [9.17, 15) is 0 Å². The van der Waals surface area contributed by atoms with Crippen LogP contribution >= 0.6 is 0 Å². The Bertz CT molecular complexity index is 922. The number of aryl methyl sites for hydroxylation is 3. The van der Waals surface area contributed by atoms with E-state index >= 15 is 0 Å². The second kappa shape index (κ2) is 9.86. The van der Waals surface area contributed by atoms with Crippen molar-refractivity contribution in [3.63, 3.8) is 0 Å². The van der Waals surface area contributed by atoms with E-state index in [-0.39, 0.29) is 0 Å². The summed E-state index contributed by atoms with van der Waals surface area (Å²) in [6.07, 6.45) is 1.65. The average molecular weight is 396 g/mol. The fraction of sp³-hybridized carbons (Fsp3) is 0.429. The van der Waals surface area contributed by atoms with Gasteiger partial charge in [0.2, 0.25) is 0 Å². The molecule has 0 saturated heterocycles. The number of aliphatic imine (C=N–C) groups is 1. The molecule has 29 heavy (non-hydrogen) atoms. The van der Waals surface area contributed by atoms with Gasteiger partial charge in [-0.25, -0.2) is 4.99 Å². The summed E-state index contributed by atoms with van der Waals surface area (Å²) >= 11 is 0. The summed E-state index contributed by atoms with van der Waals surface area (Å²) in [5.74, 6) is 3.35. The number of nitrogens with zero attached hydrogens (tertiary/aromatic N) is 5. The van der Waals surface area contributed by atoms with Gasteiger partial charge in [-0.15, -0.1) is 10.2 Å². The Morgan fingerprint density at radius 2 is 1.83 bits per heavy atom. The van der Waals surface area contributed by atoms with Crippen LogP contribution < -0.4 is 10.6 Å². The van der Waals surface area contributed by atoms with Gasteiger partial charge in [0, 0.05) is 25.6 Å². The van der Waals surface area contributed by atoms with Gasteiger partial charge in [-0.2, -0.15) is 0 Å². The molecule has 0 saturated carbocycles. The molecular formula is C21H29N7O. The zero-order chi connectivity index (χ0) is 20.6. The highest BCUT2D eigenvalue weighted by Crippen LogP contribution is 2.15. The lowest BCUT2D eigenvalue weighted by atomic mass is 10.1. The van der Waals surface area contributed by atoms with E-state index in [0.717, 1.165) is 47.1 Å². The van der Waals surface area contributed by atoms with Crippen LogP contribution in [0.4, 0.5) is 0 Å². The van der Waals surface area contributed by atoms with Crippen molar-refractivity contribution in [2.24, 2.45) is 12.0 Å². The first-order chi connectivity index (χ1) is 14.1. The molecule has 1 aromatic carbocycles. The molecule has 2 N–H and O–H groups in total. The van der Waals surface area contributed by atoms with Gasteiger partial charge in [-0.05, 0) is 18.9 Å². The second-order valence-electron chi connectivity index (χ2n) is 6.82. The minimum atomic E-state index is 0.531. The molecule has 0 aliphatic rings. The molecule has 2 heterocycles. The van der Waals surface area contributed by atoms with Crippen LogP contribution in [0, 0.1) is 6.92 Å². The van der Waals surface area contributed by atoms with Crippen LogP contribution in [-0.4, -0.2) is 25.9 Å². The number of benzene rings is 1. The molecule has 0 spiro atoms. The third-order valence-corrected chi connectivity index (χ3v) is 4.90. The van der Waals surface area contributed by atoms with Crippen LogP contribution in [0.3, 0.4) is 0 Å². The quantitative estimate of drug-likeness (QED) is 0.450. The maximum atomic E-state index is 5.47. The third-order valence-electron chi connectivity index (χ3n) is 4.90. The summed E-state index contributed by atoms with van der Waals surface area (Å²) in [4.78, 5) is 4.74. The van der Waals surface area contributed by atoms with Crippen LogP contribution in [0.1, 0.15) is 48.1 Å². The lowest BCUT2D eigenvalue weighted by Crippen LogP contribution is -2.37. The molecule has 8 heteroatoms. The molecule has 0 atom stereocenters. The van der Waals surface area contributed by atoms with E-state index in [1.807, 2.05) is 36.7 Å². The lowest BCUT2D eigenvalue weighted by molar-refractivity contribution is 0.380. The predicted octanol–water partition coefficient (Wildman–Crippen LogP) is 2.67.